The molecule has 2 nitrogen and oxygen atoms in total. The molecule has 0 bridgehead atoms. The standard InChI is InChI=1S/C16H25FN2/c1-19-13-3-2-4-16(19)10-12-18-11-9-14-5-7-15(17)8-6-14/h5-8,16,18H,2-4,9-13H2,1H3. The molecule has 19 heavy (non-hydrogen) atoms. The van der Waals surface area contributed by atoms with Crippen molar-refractivity contribution in [3.05, 3.63) is 35.6 Å². The van der Waals surface area contributed by atoms with Gasteiger partial charge in [-0.25, -0.2) is 4.39 Å². The molecule has 0 saturated carbocycles. The second kappa shape index (κ2) is 7.61. The molecule has 3 heteroatoms. The summed E-state index contributed by atoms with van der Waals surface area (Å²) in [7, 11) is 2.24. The first-order valence-electron chi connectivity index (χ1n) is 7.41. The summed E-state index contributed by atoms with van der Waals surface area (Å²) in [6.45, 7) is 3.30. The van der Waals surface area contributed by atoms with Crippen molar-refractivity contribution < 1.29 is 4.39 Å². The fraction of sp³-hybridized carbons (Fsp3) is 0.625. The van der Waals surface area contributed by atoms with Crippen LogP contribution in [0.15, 0.2) is 24.3 Å². The highest BCUT2D eigenvalue weighted by Gasteiger charge is 2.17. The summed E-state index contributed by atoms with van der Waals surface area (Å²) in [6, 6.07) is 7.56. The Labute approximate surface area is 116 Å². The Morgan fingerprint density at radius 2 is 2.00 bits per heavy atom. The monoisotopic (exact) mass is 264 g/mol. The molecular formula is C16H25FN2. The normalized spacial score (nSPS) is 20.6. The molecule has 1 atom stereocenters. The van der Waals surface area contributed by atoms with Gasteiger partial charge in [0, 0.05) is 6.04 Å². The molecule has 106 valence electrons. The van der Waals surface area contributed by atoms with Gasteiger partial charge in [-0.2, -0.15) is 0 Å². The average Bonchev–Trinajstić information content (AvgIpc) is 2.42. The fourth-order valence-electron chi connectivity index (χ4n) is 2.79. The van der Waals surface area contributed by atoms with Gasteiger partial charge in [-0.15, -0.1) is 0 Å². The summed E-state index contributed by atoms with van der Waals surface area (Å²) in [5.74, 6) is -0.156. The maximum absolute atomic E-state index is 12.8. The van der Waals surface area contributed by atoms with Crippen LogP contribution in [0.4, 0.5) is 4.39 Å². The van der Waals surface area contributed by atoms with E-state index < -0.39 is 0 Å². The predicted molar refractivity (Wildman–Crippen MR) is 77.9 cm³/mol. The zero-order chi connectivity index (χ0) is 13.5. The van der Waals surface area contributed by atoms with Crippen LogP contribution in [0.25, 0.3) is 0 Å². The molecule has 1 heterocycles. The first-order valence-corrected chi connectivity index (χ1v) is 7.41. The van der Waals surface area contributed by atoms with Gasteiger partial charge in [0.1, 0.15) is 5.82 Å². The maximum Gasteiger partial charge on any atom is 0.123 e. The molecule has 0 amide bonds. The van der Waals surface area contributed by atoms with Crippen molar-refractivity contribution in [1.82, 2.24) is 10.2 Å². The summed E-state index contributed by atoms with van der Waals surface area (Å²) in [6.07, 6.45) is 6.28. The summed E-state index contributed by atoms with van der Waals surface area (Å²) >= 11 is 0. The van der Waals surface area contributed by atoms with Gasteiger partial charge < -0.3 is 10.2 Å². The van der Waals surface area contributed by atoms with Crippen molar-refractivity contribution in [2.24, 2.45) is 0 Å². The van der Waals surface area contributed by atoms with E-state index in [9.17, 15) is 4.39 Å². The molecule has 1 N–H and O–H groups in total. The highest BCUT2D eigenvalue weighted by Crippen LogP contribution is 2.16. The topological polar surface area (TPSA) is 15.3 Å². The van der Waals surface area contributed by atoms with Gasteiger partial charge in [0.05, 0.1) is 0 Å². The van der Waals surface area contributed by atoms with Crippen LogP contribution in [-0.2, 0) is 6.42 Å². The van der Waals surface area contributed by atoms with Gasteiger partial charge in [-0.3, -0.25) is 0 Å². The van der Waals surface area contributed by atoms with Crippen LogP contribution in [0.2, 0.25) is 0 Å². The Kier molecular flexibility index (Phi) is 5.80. The molecule has 1 aliphatic heterocycles. The van der Waals surface area contributed by atoms with Crippen LogP contribution in [0.3, 0.4) is 0 Å². The number of likely N-dealkylation sites (tertiary alicyclic amines) is 1. The van der Waals surface area contributed by atoms with Crippen molar-refractivity contribution in [3.63, 3.8) is 0 Å². The van der Waals surface area contributed by atoms with E-state index in [1.807, 2.05) is 12.1 Å². The van der Waals surface area contributed by atoms with Crippen molar-refractivity contribution in [1.29, 1.82) is 0 Å². The molecule has 0 spiro atoms. The highest BCUT2D eigenvalue weighted by atomic mass is 19.1. The number of rotatable bonds is 6. The minimum atomic E-state index is -0.156. The van der Waals surface area contributed by atoms with Crippen molar-refractivity contribution >= 4 is 0 Å². The van der Waals surface area contributed by atoms with Crippen LogP contribution >= 0.6 is 0 Å². The molecule has 0 radical (unpaired) electrons. The Balaban J connectivity index is 1.58. The SMILES string of the molecule is CN1CCCCC1CCNCCc1ccc(F)cc1. The summed E-state index contributed by atoms with van der Waals surface area (Å²) in [5, 5.41) is 3.50. The molecule has 1 aliphatic rings. The van der Waals surface area contributed by atoms with E-state index in [1.54, 1.807) is 0 Å². The minimum Gasteiger partial charge on any atom is -0.316 e. The van der Waals surface area contributed by atoms with E-state index in [-0.39, 0.29) is 5.82 Å². The Hall–Kier alpha value is -0.930. The highest BCUT2D eigenvalue weighted by molar-refractivity contribution is 5.16. The maximum atomic E-state index is 12.8. The lowest BCUT2D eigenvalue weighted by Gasteiger charge is -2.32. The van der Waals surface area contributed by atoms with E-state index >= 15 is 0 Å². The number of piperidine rings is 1. The number of hydrogen-bond acceptors (Lipinski definition) is 2. The van der Waals surface area contributed by atoms with Gasteiger partial charge in [0.25, 0.3) is 0 Å². The summed E-state index contributed by atoms with van der Waals surface area (Å²) in [5.41, 5.74) is 1.20. The molecule has 2 rings (SSSR count). The van der Waals surface area contributed by atoms with Crippen LogP contribution < -0.4 is 5.32 Å². The number of benzene rings is 1. The van der Waals surface area contributed by atoms with E-state index in [4.69, 9.17) is 0 Å². The van der Waals surface area contributed by atoms with Gasteiger partial charge in [0.2, 0.25) is 0 Å². The number of hydrogen-bond donors (Lipinski definition) is 1. The lowest BCUT2D eigenvalue weighted by molar-refractivity contribution is 0.175. The molecule has 1 saturated heterocycles. The molecule has 1 unspecified atom stereocenters. The van der Waals surface area contributed by atoms with Crippen molar-refractivity contribution in [2.45, 2.75) is 38.1 Å². The minimum absolute atomic E-state index is 0.156. The predicted octanol–water partition coefficient (Wildman–Crippen LogP) is 2.83. The zero-order valence-corrected chi connectivity index (χ0v) is 11.9. The smallest absolute Gasteiger partial charge is 0.123 e. The molecule has 1 aromatic carbocycles. The lowest BCUT2D eigenvalue weighted by atomic mass is 10.0. The summed E-state index contributed by atoms with van der Waals surface area (Å²) in [4.78, 5) is 2.49. The number of halogens is 1. The van der Waals surface area contributed by atoms with Crippen molar-refractivity contribution in [3.8, 4) is 0 Å². The third-order valence-electron chi connectivity index (χ3n) is 4.08. The molecule has 1 aromatic rings. The first kappa shape index (κ1) is 14.5. The lowest BCUT2D eigenvalue weighted by Crippen LogP contribution is -2.38. The third kappa shape index (κ3) is 4.92. The van der Waals surface area contributed by atoms with Crippen LogP contribution in [0.1, 0.15) is 31.2 Å². The molecule has 1 fully saturated rings. The van der Waals surface area contributed by atoms with E-state index in [0.717, 1.165) is 25.6 Å². The number of nitrogens with one attached hydrogen (secondary N) is 1. The Bertz CT molecular complexity index is 364. The van der Waals surface area contributed by atoms with Crippen LogP contribution in [-0.4, -0.2) is 37.6 Å². The molecule has 0 aromatic heterocycles. The zero-order valence-electron chi connectivity index (χ0n) is 11.9. The van der Waals surface area contributed by atoms with E-state index in [0.29, 0.717) is 0 Å². The molecule has 0 aliphatic carbocycles. The Morgan fingerprint density at radius 3 is 2.74 bits per heavy atom. The van der Waals surface area contributed by atoms with Crippen LogP contribution in [0.5, 0.6) is 0 Å². The summed E-state index contributed by atoms with van der Waals surface area (Å²) < 4.78 is 12.8. The van der Waals surface area contributed by atoms with Crippen LogP contribution in [0, 0.1) is 5.82 Å². The Morgan fingerprint density at radius 1 is 1.21 bits per heavy atom. The van der Waals surface area contributed by atoms with Crippen molar-refractivity contribution in [2.75, 3.05) is 26.7 Å². The second-order valence-electron chi connectivity index (χ2n) is 5.55. The van der Waals surface area contributed by atoms with Gasteiger partial charge in [0.15, 0.2) is 0 Å². The third-order valence-corrected chi connectivity index (χ3v) is 4.08. The average molecular weight is 264 g/mol. The first-order chi connectivity index (χ1) is 9.25. The van der Waals surface area contributed by atoms with E-state index in [1.165, 1.54) is 49.9 Å². The number of nitrogens with zero attached hydrogens (tertiary/aromatic N) is 1. The molecular weight excluding hydrogens is 239 g/mol. The van der Waals surface area contributed by atoms with Gasteiger partial charge in [-0.1, -0.05) is 18.6 Å². The quantitative estimate of drug-likeness (QED) is 0.795. The fourth-order valence-corrected chi connectivity index (χ4v) is 2.79. The van der Waals surface area contributed by atoms with E-state index in [2.05, 4.69) is 17.3 Å². The van der Waals surface area contributed by atoms with Gasteiger partial charge in [-0.05, 0) is 70.1 Å². The largest absolute Gasteiger partial charge is 0.316 e. The second-order valence-corrected chi connectivity index (χ2v) is 5.55. The van der Waals surface area contributed by atoms with Gasteiger partial charge >= 0.3 is 0 Å².